The number of para-hydroxylation sites is 1. The number of rotatable bonds is 41. The Hall–Kier alpha value is -13.5. The summed E-state index contributed by atoms with van der Waals surface area (Å²) in [5, 5.41) is 116. The Labute approximate surface area is 803 Å². The highest BCUT2D eigenvalue weighted by molar-refractivity contribution is 8.77. The lowest BCUT2D eigenvalue weighted by Crippen LogP contribution is -2.82. The maximum Gasteiger partial charge on any atom is 0.426 e. The largest absolute Gasteiger partial charge is 0.496 e. The summed E-state index contributed by atoms with van der Waals surface area (Å²) in [7, 11) is 6.33. The van der Waals surface area contributed by atoms with Crippen molar-refractivity contribution in [2.24, 2.45) is 17.1 Å². The molecule has 2 saturated heterocycles. The number of likely N-dealkylation sites (N-methyl/N-ethyl adjacent to an activating group) is 1. The number of H-pyrrole nitrogens is 2. The number of carbonyl (C=O) groups is 14. The number of hydrogen-bond acceptors (Lipinski definition) is 32. The Morgan fingerprint density at radius 3 is 2.02 bits per heavy atom. The SMILES string of the molecule is CC[C@]1(O)C[C@H]2CN(CCc3c([nH]c4ccccc34)[C@@](C(=O)OC)(c3cc4c(cc3OC)N(C)[C@H]3[C@@](O)(C(=O)NNC(=O)OC(C)C(C)SSC(C)(C)[C@H](NC(=O)[C@H](CC(=O)O)NC(=O)[C@H](CC(=O)O)NC(=O)[C@H](CCCNC(=N)N)NC(=O)[C@H](CC(=O)O)NC(=O)CC[C@H](NC(=O)c5ccc(NCc6cnc7nc(N)[nH]c(=O)c7n6)cc5)C(=O)O)C(=O)O)[C@H](O)[C@]5(CC)C=CCN6CC[C@]43[C@@H]65)C2)C1. The fourth-order valence-electron chi connectivity index (χ4n) is 20.4. The number of aliphatic hydroxyl groups is 3. The fourth-order valence-corrected chi connectivity index (χ4v) is 23.3. The minimum atomic E-state index is -2.78. The van der Waals surface area contributed by atoms with Gasteiger partial charge in [-0.25, -0.2) is 29.8 Å². The van der Waals surface area contributed by atoms with E-state index < -0.39 is 231 Å². The van der Waals surface area contributed by atoms with Crippen LogP contribution in [0.3, 0.4) is 0 Å². The quantitative estimate of drug-likeness (QED) is 0.00458. The number of carboxylic acids is 5. The molecule has 0 radical (unpaired) electrons. The number of ether oxygens (including phenoxy) is 3. The molecule has 750 valence electrons. The Bertz CT molecular complexity index is 5870. The lowest BCUT2D eigenvalue weighted by Gasteiger charge is -2.63. The molecule has 3 aromatic carbocycles. The number of anilines is 3. The Morgan fingerprint density at radius 2 is 1.40 bits per heavy atom. The molecule has 2 bridgehead atoms. The van der Waals surface area contributed by atoms with Crippen LogP contribution in [0.2, 0.25) is 0 Å². The van der Waals surface area contributed by atoms with Gasteiger partial charge in [0.1, 0.15) is 59.6 Å². The van der Waals surface area contributed by atoms with E-state index in [0.29, 0.717) is 92.3 Å². The molecule has 8 heterocycles. The molecule has 1 saturated carbocycles. The van der Waals surface area contributed by atoms with Crippen molar-refractivity contribution in [3.63, 3.8) is 0 Å². The summed E-state index contributed by atoms with van der Waals surface area (Å²) in [6.07, 6.45) is -2.89. The van der Waals surface area contributed by atoms with Crippen molar-refractivity contribution < 1.29 is 122 Å². The standard InChI is InChI=1S/C90H117N21O26S2/c1-10-86(133)37-45-38-89(81(131)136-9,66-50(25-30-110(41-45)42-86)49-16-12-13-17-53(49)99-66)52-32-51-59(36-60(52)135-8)109(7)78-88(51)27-31-111-29-15-26-87(11-2,77(88)111)79(129)90(78,134)80(130)107-108-84(132)137-43(3)44(4)138-139-85(5,6)67(76(127)128)104-73(123)58(35-64(117)118)103-72(122)57(34-63(115)116)102-70(120)54(18-14-28-94-82(91)92)100-71(121)56(33-62(113)114)98-61(112)24-23-55(75(125)126)101-69(119)46-19-21-47(22-20-46)95-39-48-40-96-68-65(97-48)74(124)106-83(93)105-68/h12-13,15-17,19-22,26,32,36,40,43-45,54-58,67,77-79,95,99,129,133-134H,10-11,14,18,23-25,27-31,33-35,37-39,41-42H2,1-9H3,(H,98,112)(H,100,121)(H,101,119)(H,102,120)(H,103,122)(H,104,123)(H,107,130)(H,108,132)(H,113,114)(H,115,116)(H,117,118)(H,125,126)(H,127,128)(H4,91,92,94)(H3,93,96,105,106,124)/t43?,44?,45-,54+,55+,56+,57+,58+,67-,77+,78-,79-,86+,87-,88-,89+,90+/m1/s1. The van der Waals surface area contributed by atoms with Crippen LogP contribution in [0.4, 0.5) is 22.1 Å². The molecule has 49 heteroatoms. The number of piperidine rings is 1. The molecule has 3 aromatic heterocycles. The molecule has 47 nitrogen and oxygen atoms in total. The lowest BCUT2D eigenvalue weighted by molar-refractivity contribution is -0.204. The first-order valence-electron chi connectivity index (χ1n) is 45.1. The molecular formula is C90H117N21O26S2. The summed E-state index contributed by atoms with van der Waals surface area (Å²) in [6.45, 7) is 12.0. The van der Waals surface area contributed by atoms with Crippen molar-refractivity contribution in [3.05, 3.63) is 123 Å². The summed E-state index contributed by atoms with van der Waals surface area (Å²) >= 11 is 0. The van der Waals surface area contributed by atoms with Gasteiger partial charge >= 0.3 is 41.9 Å². The predicted molar refractivity (Wildman–Crippen MR) is 502 cm³/mol. The molecule has 139 heavy (non-hydrogen) atoms. The number of carboxylic acid groups (broad SMARTS) is 5. The number of nitrogen functional groups attached to an aromatic ring is 1. The van der Waals surface area contributed by atoms with E-state index in [1.54, 1.807) is 24.9 Å². The van der Waals surface area contributed by atoms with Gasteiger partial charge in [0.25, 0.3) is 17.4 Å². The highest BCUT2D eigenvalue weighted by Gasteiger charge is 2.79. The molecule has 1 aliphatic carbocycles. The second-order valence-electron chi connectivity index (χ2n) is 36.5. The number of guanidine groups is 1. The lowest BCUT2D eigenvalue weighted by atomic mass is 9.47. The fraction of sp³-hybridized carbons (Fsp3) is 0.522. The minimum absolute atomic E-state index is 0.0216. The maximum atomic E-state index is 15.7. The van der Waals surface area contributed by atoms with Gasteiger partial charge in [0.05, 0.1) is 68.3 Å². The molecule has 5 aliphatic heterocycles. The average molecular weight is 1970 g/mol. The van der Waals surface area contributed by atoms with Gasteiger partial charge in [-0.05, 0) is 145 Å². The van der Waals surface area contributed by atoms with Crippen LogP contribution in [0.5, 0.6) is 5.75 Å². The number of benzene rings is 3. The van der Waals surface area contributed by atoms with Gasteiger partial charge in [-0.1, -0.05) is 65.8 Å². The Balaban J connectivity index is 0.683. The van der Waals surface area contributed by atoms with Crippen molar-refractivity contribution in [1.29, 1.82) is 5.41 Å². The third-order valence-electron chi connectivity index (χ3n) is 27.1. The van der Waals surface area contributed by atoms with Gasteiger partial charge < -0.3 is 119 Å². The molecule has 18 atom stereocenters. The normalized spacial score (nSPS) is 23.9. The number of hydrogen-bond donors (Lipinski definition) is 23. The van der Waals surface area contributed by atoms with Crippen molar-refractivity contribution in [1.82, 2.24) is 82.8 Å². The number of esters is 1. The number of nitrogens with one attached hydrogen (secondary N) is 13. The second kappa shape index (κ2) is 42.9. The van der Waals surface area contributed by atoms with Crippen molar-refractivity contribution in [2.75, 3.05) is 76.5 Å². The number of amides is 8. The number of aliphatic hydroxyl groups excluding tert-OH is 1. The van der Waals surface area contributed by atoms with Crippen LogP contribution >= 0.6 is 21.6 Å². The first kappa shape index (κ1) is 104. The van der Waals surface area contributed by atoms with Gasteiger partial charge in [-0.3, -0.25) is 83.2 Å². The first-order chi connectivity index (χ1) is 65.7. The number of fused-ring (bicyclic) bond motifs is 7. The number of nitrogens with zero attached hydrogens (tertiary/aromatic N) is 6. The van der Waals surface area contributed by atoms with E-state index in [1.807, 2.05) is 61.6 Å². The van der Waals surface area contributed by atoms with Crippen molar-refractivity contribution >= 4 is 150 Å². The monoisotopic (exact) mass is 1970 g/mol. The molecule has 25 N–H and O–H groups in total. The number of carbonyl (C=O) groups excluding carboxylic acids is 9. The van der Waals surface area contributed by atoms with Gasteiger partial charge in [0.15, 0.2) is 22.7 Å². The average Bonchev–Trinajstić information content (AvgIpc) is 1.48. The van der Waals surface area contributed by atoms with Gasteiger partial charge in [-0.2, -0.15) is 4.98 Å². The molecule has 1 spiro atoms. The van der Waals surface area contributed by atoms with E-state index in [9.17, 15) is 103 Å². The maximum absolute atomic E-state index is 15.7. The van der Waals surface area contributed by atoms with Crippen molar-refractivity contribution in [3.8, 4) is 5.75 Å². The second-order valence-corrected chi connectivity index (χ2v) is 39.7. The highest BCUT2D eigenvalue weighted by atomic mass is 33.1. The molecule has 6 aliphatic rings. The zero-order valence-electron chi connectivity index (χ0n) is 77.7. The summed E-state index contributed by atoms with van der Waals surface area (Å²) < 4.78 is 16.6. The highest BCUT2D eigenvalue weighted by Crippen LogP contribution is 2.68. The first-order valence-corrected chi connectivity index (χ1v) is 47.3. The van der Waals surface area contributed by atoms with Gasteiger partial charge in [0, 0.05) is 113 Å². The van der Waals surface area contributed by atoms with Crippen LogP contribution in [-0.2, 0) is 90.8 Å². The van der Waals surface area contributed by atoms with Crippen molar-refractivity contribution in [2.45, 2.75) is 224 Å². The number of aromatic amines is 2. The van der Waals surface area contributed by atoms with Gasteiger partial charge in [-0.15, -0.1) is 0 Å². The number of nitrogens with two attached hydrogens (primary N) is 2. The van der Waals surface area contributed by atoms with Gasteiger partial charge in [0.2, 0.25) is 35.5 Å². The molecular weight excluding hydrogens is 1860 g/mol. The van der Waals surface area contributed by atoms with E-state index in [-0.39, 0.29) is 66.7 Å². The zero-order valence-corrected chi connectivity index (χ0v) is 79.3. The molecule has 8 amide bonds. The van der Waals surface area contributed by atoms with Crippen LogP contribution in [0, 0.1) is 16.7 Å². The van der Waals surface area contributed by atoms with E-state index >= 15 is 9.59 Å². The van der Waals surface area contributed by atoms with E-state index in [1.165, 1.54) is 65.5 Å². The van der Waals surface area contributed by atoms with E-state index in [2.05, 4.69) is 82.8 Å². The minimum Gasteiger partial charge on any atom is -0.496 e. The summed E-state index contributed by atoms with van der Waals surface area (Å²) in [4.78, 5) is 229. The number of methoxy groups -OCH3 is 2. The molecule has 6 aromatic rings. The van der Waals surface area contributed by atoms with Crippen LogP contribution in [0.25, 0.3) is 22.1 Å². The number of aromatic nitrogens is 5. The predicted octanol–water partition coefficient (Wildman–Crippen LogP) is 0.0217. The van der Waals surface area contributed by atoms with E-state index in [0.717, 1.165) is 38.1 Å². The smallest absolute Gasteiger partial charge is 0.426 e. The van der Waals surface area contributed by atoms with Crippen LogP contribution in [0.15, 0.2) is 83.8 Å². The summed E-state index contributed by atoms with van der Waals surface area (Å²) in [6, 6.07) is 3.17. The van der Waals surface area contributed by atoms with Crippen LogP contribution in [0.1, 0.15) is 157 Å². The molecule has 12 rings (SSSR count). The number of aliphatic carboxylic acids is 5. The van der Waals surface area contributed by atoms with Crippen LogP contribution < -0.4 is 80.0 Å². The summed E-state index contributed by atoms with van der Waals surface area (Å²) in [5.41, 5.74) is 11.6. The third kappa shape index (κ3) is 22.0. The summed E-state index contributed by atoms with van der Waals surface area (Å²) in [5.74, 6) is -18.8. The Kier molecular flexibility index (Phi) is 32.2. The number of hydrazine groups is 1. The Morgan fingerprint density at radius 1 is 0.748 bits per heavy atom. The third-order valence-corrected chi connectivity index (χ3v) is 31.1. The molecule has 3 fully saturated rings. The van der Waals surface area contributed by atoms with Crippen LogP contribution in [-0.4, -0.2) is 307 Å². The van der Waals surface area contributed by atoms with E-state index in [4.69, 9.17) is 31.1 Å². The topological polar surface area (TPSA) is 722 Å². The zero-order chi connectivity index (χ0) is 101. The molecule has 3 unspecified atom stereocenters.